The van der Waals surface area contributed by atoms with Gasteiger partial charge in [-0.25, -0.2) is 8.78 Å². The summed E-state index contributed by atoms with van der Waals surface area (Å²) in [6, 6.07) is 14.4. The van der Waals surface area contributed by atoms with E-state index in [0.717, 1.165) is 29.0 Å². The molecule has 0 spiro atoms. The number of nitrogens with zero attached hydrogens (tertiary/aromatic N) is 1. The Kier molecular flexibility index (Phi) is 5.48. The minimum absolute atomic E-state index is 0.0558. The highest BCUT2D eigenvalue weighted by molar-refractivity contribution is 6.51. The number of amides is 1. The number of carbonyl (C=O) groups is 2. The molecule has 1 heterocycles. The minimum atomic E-state index is -1.19. The van der Waals surface area contributed by atoms with Crippen molar-refractivity contribution in [3.8, 4) is 5.75 Å². The third-order valence-corrected chi connectivity index (χ3v) is 5.45. The van der Waals surface area contributed by atoms with E-state index in [0.29, 0.717) is 11.1 Å². The van der Waals surface area contributed by atoms with Crippen LogP contribution in [0.25, 0.3) is 5.76 Å². The summed E-state index contributed by atoms with van der Waals surface area (Å²) >= 11 is 0. The van der Waals surface area contributed by atoms with Crippen molar-refractivity contribution >= 4 is 23.1 Å². The molecule has 3 aromatic rings. The molecule has 0 aromatic heterocycles. The van der Waals surface area contributed by atoms with Gasteiger partial charge in [-0.3, -0.25) is 14.5 Å². The molecule has 1 fully saturated rings. The molecule has 1 unspecified atom stereocenters. The normalized spacial score (nSPS) is 17.7. The molecule has 0 radical (unpaired) electrons. The molecule has 5 nitrogen and oxygen atoms in total. The van der Waals surface area contributed by atoms with Crippen molar-refractivity contribution in [2.45, 2.75) is 19.4 Å². The van der Waals surface area contributed by atoms with Crippen molar-refractivity contribution < 1.29 is 28.6 Å². The number of ketones is 1. The Morgan fingerprint density at radius 2 is 1.69 bits per heavy atom. The lowest BCUT2D eigenvalue weighted by molar-refractivity contribution is -0.132. The number of phenolic OH excluding ortho intramolecular Hbond substituents is 1. The van der Waals surface area contributed by atoms with Crippen LogP contribution in [0.3, 0.4) is 0 Å². The number of hydrogen-bond acceptors (Lipinski definition) is 4. The number of aliphatic hydroxyl groups is 1. The largest absolute Gasteiger partial charge is 0.508 e. The Hall–Kier alpha value is -4.00. The number of anilines is 1. The minimum Gasteiger partial charge on any atom is -0.508 e. The Labute approximate surface area is 182 Å². The SMILES string of the molecule is CCc1ccc(/C(O)=C2\C(=O)C(=O)N(c3ccc(F)c(F)c3)C2c2cccc(O)c2)cc1. The average molecular weight is 435 g/mol. The number of halogens is 2. The van der Waals surface area contributed by atoms with E-state index in [1.807, 2.05) is 6.92 Å². The summed E-state index contributed by atoms with van der Waals surface area (Å²) in [7, 11) is 0. The van der Waals surface area contributed by atoms with Crippen molar-refractivity contribution in [2.24, 2.45) is 0 Å². The monoisotopic (exact) mass is 435 g/mol. The second kappa shape index (κ2) is 8.26. The molecule has 4 rings (SSSR count). The molecule has 0 bridgehead atoms. The lowest BCUT2D eigenvalue weighted by Crippen LogP contribution is -2.29. The number of phenols is 1. The maximum absolute atomic E-state index is 13.9. The van der Waals surface area contributed by atoms with Crippen LogP contribution < -0.4 is 4.90 Å². The van der Waals surface area contributed by atoms with E-state index < -0.39 is 35.1 Å². The molecule has 0 saturated carbocycles. The smallest absolute Gasteiger partial charge is 0.300 e. The first kappa shape index (κ1) is 21.2. The van der Waals surface area contributed by atoms with Crippen LogP contribution in [0.15, 0.2) is 72.3 Å². The van der Waals surface area contributed by atoms with Gasteiger partial charge < -0.3 is 10.2 Å². The Bertz CT molecular complexity index is 1250. The zero-order valence-corrected chi connectivity index (χ0v) is 17.0. The lowest BCUT2D eigenvalue weighted by atomic mass is 9.94. The lowest BCUT2D eigenvalue weighted by Gasteiger charge is -2.25. The maximum atomic E-state index is 13.9. The van der Waals surface area contributed by atoms with Crippen LogP contribution in [0.2, 0.25) is 0 Å². The summed E-state index contributed by atoms with van der Waals surface area (Å²) in [5.74, 6) is -4.78. The van der Waals surface area contributed by atoms with Crippen LogP contribution in [-0.2, 0) is 16.0 Å². The molecule has 1 amide bonds. The van der Waals surface area contributed by atoms with Gasteiger partial charge in [0.2, 0.25) is 0 Å². The molecule has 3 aromatic carbocycles. The topological polar surface area (TPSA) is 77.8 Å². The Morgan fingerprint density at radius 1 is 0.969 bits per heavy atom. The number of hydrogen-bond donors (Lipinski definition) is 2. The first-order valence-corrected chi connectivity index (χ1v) is 9.96. The molecular formula is C25H19F2NO4. The van der Waals surface area contributed by atoms with Crippen LogP contribution in [0.4, 0.5) is 14.5 Å². The second-order valence-electron chi connectivity index (χ2n) is 7.41. The quantitative estimate of drug-likeness (QED) is 0.349. The number of aryl methyl sites for hydroxylation is 1. The summed E-state index contributed by atoms with van der Waals surface area (Å²) in [5, 5.41) is 21.0. The average Bonchev–Trinajstić information content (AvgIpc) is 3.06. The van der Waals surface area contributed by atoms with Crippen LogP contribution in [0.1, 0.15) is 29.7 Å². The fourth-order valence-electron chi connectivity index (χ4n) is 3.80. The molecule has 162 valence electrons. The van der Waals surface area contributed by atoms with Crippen LogP contribution in [0, 0.1) is 11.6 Å². The first-order chi connectivity index (χ1) is 15.3. The molecule has 0 aliphatic carbocycles. The highest BCUT2D eigenvalue weighted by Gasteiger charge is 2.47. The zero-order valence-electron chi connectivity index (χ0n) is 17.0. The number of Topliss-reactive ketones (excluding diaryl/α,β-unsaturated/α-hetero) is 1. The van der Waals surface area contributed by atoms with Gasteiger partial charge in [0, 0.05) is 17.3 Å². The summed E-state index contributed by atoms with van der Waals surface area (Å²) in [5.41, 5.74) is 1.40. The maximum Gasteiger partial charge on any atom is 0.300 e. The highest BCUT2D eigenvalue weighted by Crippen LogP contribution is 2.43. The number of carbonyl (C=O) groups excluding carboxylic acids is 2. The van der Waals surface area contributed by atoms with Gasteiger partial charge in [-0.1, -0.05) is 43.3 Å². The van der Waals surface area contributed by atoms with Crippen LogP contribution in [-0.4, -0.2) is 21.9 Å². The van der Waals surface area contributed by atoms with Crippen LogP contribution in [0.5, 0.6) is 5.75 Å². The Balaban J connectivity index is 1.94. The molecule has 1 saturated heterocycles. The number of benzene rings is 3. The van der Waals surface area contributed by atoms with Gasteiger partial charge in [-0.05, 0) is 41.8 Å². The van der Waals surface area contributed by atoms with E-state index in [2.05, 4.69) is 0 Å². The predicted octanol–water partition coefficient (Wildman–Crippen LogP) is 4.86. The first-order valence-electron chi connectivity index (χ1n) is 9.96. The van der Waals surface area contributed by atoms with Crippen molar-refractivity contribution in [3.05, 3.63) is 101 Å². The van der Waals surface area contributed by atoms with Gasteiger partial charge in [0.25, 0.3) is 11.7 Å². The van der Waals surface area contributed by atoms with Crippen molar-refractivity contribution in [1.29, 1.82) is 0 Å². The van der Waals surface area contributed by atoms with Gasteiger partial charge in [-0.15, -0.1) is 0 Å². The zero-order chi connectivity index (χ0) is 23.0. The van der Waals surface area contributed by atoms with Gasteiger partial charge in [0.05, 0.1) is 11.6 Å². The van der Waals surface area contributed by atoms with Gasteiger partial charge >= 0.3 is 0 Å². The van der Waals surface area contributed by atoms with E-state index >= 15 is 0 Å². The molecule has 2 N–H and O–H groups in total. The molecule has 1 aliphatic heterocycles. The number of rotatable bonds is 4. The summed E-state index contributed by atoms with van der Waals surface area (Å²) in [6.45, 7) is 1.98. The van der Waals surface area contributed by atoms with Gasteiger partial charge in [0.1, 0.15) is 11.5 Å². The van der Waals surface area contributed by atoms with Crippen molar-refractivity contribution in [2.75, 3.05) is 4.90 Å². The fraction of sp³-hybridized carbons (Fsp3) is 0.120. The predicted molar refractivity (Wildman–Crippen MR) is 115 cm³/mol. The highest BCUT2D eigenvalue weighted by atomic mass is 19.2. The van der Waals surface area contributed by atoms with E-state index in [9.17, 15) is 28.6 Å². The third-order valence-electron chi connectivity index (χ3n) is 5.45. The molecule has 1 aliphatic rings. The summed E-state index contributed by atoms with van der Waals surface area (Å²) in [4.78, 5) is 27.0. The Morgan fingerprint density at radius 3 is 2.31 bits per heavy atom. The van der Waals surface area contributed by atoms with Crippen molar-refractivity contribution in [3.63, 3.8) is 0 Å². The van der Waals surface area contributed by atoms with E-state index in [-0.39, 0.29) is 17.0 Å². The van der Waals surface area contributed by atoms with Crippen LogP contribution >= 0.6 is 0 Å². The second-order valence-corrected chi connectivity index (χ2v) is 7.41. The molecule has 7 heteroatoms. The molecule has 1 atom stereocenters. The number of aliphatic hydroxyl groups excluding tert-OH is 1. The van der Waals surface area contributed by atoms with E-state index in [1.54, 1.807) is 30.3 Å². The van der Waals surface area contributed by atoms with E-state index in [1.165, 1.54) is 24.3 Å². The fourth-order valence-corrected chi connectivity index (χ4v) is 3.80. The standard InChI is InChI=1S/C25H19F2NO4/c1-2-14-6-8-15(9-7-14)23(30)21-22(16-4-3-5-18(29)12-16)28(25(32)24(21)31)17-10-11-19(26)20(27)13-17/h3-13,22,29-30H,2H2,1H3/b23-21+. The molecular weight excluding hydrogens is 416 g/mol. The van der Waals surface area contributed by atoms with E-state index in [4.69, 9.17) is 0 Å². The molecule has 32 heavy (non-hydrogen) atoms. The summed E-state index contributed by atoms with van der Waals surface area (Å²) < 4.78 is 27.4. The van der Waals surface area contributed by atoms with Gasteiger partial charge in [-0.2, -0.15) is 0 Å². The number of aromatic hydroxyl groups is 1. The van der Waals surface area contributed by atoms with Crippen molar-refractivity contribution in [1.82, 2.24) is 0 Å². The van der Waals surface area contributed by atoms with Gasteiger partial charge in [0.15, 0.2) is 11.6 Å². The summed E-state index contributed by atoms with van der Waals surface area (Å²) in [6.07, 6.45) is 0.783. The third kappa shape index (κ3) is 3.62.